The zero-order valence-corrected chi connectivity index (χ0v) is 7.58. The van der Waals surface area contributed by atoms with E-state index in [1.54, 1.807) is 0 Å². The van der Waals surface area contributed by atoms with Crippen LogP contribution in [0.4, 0.5) is 0 Å². The average molecular weight is 162 g/mol. The molecule has 68 valence electrons. The Labute approximate surface area is 68.9 Å². The van der Waals surface area contributed by atoms with Gasteiger partial charge in [-0.15, -0.1) is 0 Å². The van der Waals surface area contributed by atoms with Gasteiger partial charge in [-0.2, -0.15) is 0 Å². The molecular weight excluding hydrogens is 142 g/mol. The Morgan fingerprint density at radius 3 is 2.00 bits per heavy atom. The molecule has 0 aliphatic carbocycles. The van der Waals surface area contributed by atoms with E-state index in [1.165, 1.54) is 0 Å². The minimum Gasteiger partial charge on any atom is -0.396 e. The van der Waals surface area contributed by atoms with E-state index in [-0.39, 0.29) is 13.2 Å². The lowest BCUT2D eigenvalue weighted by atomic mass is 10.3. The van der Waals surface area contributed by atoms with Gasteiger partial charge in [0.2, 0.25) is 0 Å². The van der Waals surface area contributed by atoms with Crippen molar-refractivity contribution in [2.75, 3.05) is 40.4 Å². The summed E-state index contributed by atoms with van der Waals surface area (Å²) in [6.45, 7) is 2.35. The second kappa shape index (κ2) is 5.52. The van der Waals surface area contributed by atoms with Crippen molar-refractivity contribution < 1.29 is 14.7 Å². The van der Waals surface area contributed by atoms with Crippen LogP contribution in [0.2, 0.25) is 0 Å². The van der Waals surface area contributed by atoms with Crippen molar-refractivity contribution in [1.82, 2.24) is 0 Å². The summed E-state index contributed by atoms with van der Waals surface area (Å²) in [5.41, 5.74) is 0. The third-order valence-electron chi connectivity index (χ3n) is 1.88. The Kier molecular flexibility index (Phi) is 5.46. The summed E-state index contributed by atoms with van der Waals surface area (Å²) >= 11 is 0. The maximum Gasteiger partial charge on any atom is 0.102 e. The molecule has 0 spiro atoms. The summed E-state index contributed by atoms with van der Waals surface area (Å²) in [7, 11) is 4.18. The second-order valence-electron chi connectivity index (χ2n) is 3.54. The van der Waals surface area contributed by atoms with E-state index in [0.717, 1.165) is 30.4 Å². The molecule has 0 atom stereocenters. The molecule has 0 aromatic rings. The highest BCUT2D eigenvalue weighted by atomic mass is 16.3. The molecule has 0 bridgehead atoms. The van der Waals surface area contributed by atoms with Crippen molar-refractivity contribution in [2.24, 2.45) is 0 Å². The summed E-state index contributed by atoms with van der Waals surface area (Å²) < 4.78 is 0.844. The summed E-state index contributed by atoms with van der Waals surface area (Å²) in [4.78, 5) is 0. The number of aliphatic hydroxyl groups is 2. The van der Waals surface area contributed by atoms with Gasteiger partial charge in [0.15, 0.2) is 0 Å². The molecule has 3 nitrogen and oxygen atoms in total. The molecule has 0 aliphatic rings. The maximum atomic E-state index is 8.69. The number of aliphatic hydroxyl groups excluding tert-OH is 2. The van der Waals surface area contributed by atoms with Crippen LogP contribution in [0.25, 0.3) is 0 Å². The first kappa shape index (κ1) is 10.9. The van der Waals surface area contributed by atoms with Gasteiger partial charge >= 0.3 is 0 Å². The van der Waals surface area contributed by atoms with Crippen LogP contribution in [0, 0.1) is 0 Å². The van der Waals surface area contributed by atoms with Gasteiger partial charge in [0.25, 0.3) is 0 Å². The standard InChI is InChI=1S/C8H20NO2/c1-9(2,6-8-11)5-3-4-7-10/h10-11H,3-8H2,1-2H3/q+1. The van der Waals surface area contributed by atoms with Crippen LogP contribution in [0.1, 0.15) is 12.8 Å². The molecule has 0 saturated heterocycles. The normalized spacial score (nSPS) is 12.0. The van der Waals surface area contributed by atoms with Crippen LogP contribution < -0.4 is 0 Å². The summed E-state index contributed by atoms with van der Waals surface area (Å²) in [5.74, 6) is 0. The fourth-order valence-electron chi connectivity index (χ4n) is 1.03. The van der Waals surface area contributed by atoms with E-state index in [0.29, 0.717) is 0 Å². The number of hydrogen-bond acceptors (Lipinski definition) is 2. The third-order valence-corrected chi connectivity index (χ3v) is 1.88. The molecule has 0 aliphatic heterocycles. The Balaban J connectivity index is 3.38. The second-order valence-corrected chi connectivity index (χ2v) is 3.54. The van der Waals surface area contributed by atoms with Crippen molar-refractivity contribution in [3.63, 3.8) is 0 Å². The minimum absolute atomic E-state index is 0.242. The lowest BCUT2D eigenvalue weighted by Crippen LogP contribution is -2.42. The molecular formula is C8H20NO2+. The number of rotatable bonds is 6. The highest BCUT2D eigenvalue weighted by molar-refractivity contribution is 4.37. The van der Waals surface area contributed by atoms with E-state index < -0.39 is 0 Å². The predicted molar refractivity (Wildman–Crippen MR) is 45.2 cm³/mol. The molecule has 11 heavy (non-hydrogen) atoms. The fraction of sp³-hybridized carbons (Fsp3) is 1.00. The lowest BCUT2D eigenvalue weighted by Gasteiger charge is -2.28. The van der Waals surface area contributed by atoms with Gasteiger partial charge in [0, 0.05) is 6.61 Å². The molecule has 0 aromatic heterocycles. The lowest BCUT2D eigenvalue weighted by molar-refractivity contribution is -0.890. The van der Waals surface area contributed by atoms with Gasteiger partial charge in [0.1, 0.15) is 6.54 Å². The van der Waals surface area contributed by atoms with E-state index in [4.69, 9.17) is 10.2 Å². The van der Waals surface area contributed by atoms with Gasteiger partial charge in [-0.25, -0.2) is 0 Å². The Morgan fingerprint density at radius 1 is 0.909 bits per heavy atom. The summed E-state index contributed by atoms with van der Waals surface area (Å²) in [6, 6.07) is 0. The molecule has 0 fully saturated rings. The molecule has 0 unspecified atom stereocenters. The maximum absolute atomic E-state index is 8.69. The molecule has 0 radical (unpaired) electrons. The summed E-state index contributed by atoms with van der Waals surface area (Å²) in [6.07, 6.45) is 1.90. The Morgan fingerprint density at radius 2 is 1.55 bits per heavy atom. The van der Waals surface area contributed by atoms with E-state index in [2.05, 4.69) is 14.1 Å². The van der Waals surface area contributed by atoms with Gasteiger partial charge in [-0.3, -0.25) is 0 Å². The average Bonchev–Trinajstić information content (AvgIpc) is 1.87. The SMILES string of the molecule is C[N+](C)(CCO)CCCCO. The number of likely N-dealkylation sites (N-methyl/N-ethyl adjacent to an activating group) is 1. The number of quaternary nitrogens is 1. The predicted octanol–water partition coefficient (Wildman–Crippen LogP) is -0.172. The first-order valence-electron chi connectivity index (χ1n) is 4.16. The van der Waals surface area contributed by atoms with Crippen LogP contribution in [0.5, 0.6) is 0 Å². The first-order chi connectivity index (χ1) is 5.12. The van der Waals surface area contributed by atoms with E-state index >= 15 is 0 Å². The van der Waals surface area contributed by atoms with Crippen LogP contribution in [-0.4, -0.2) is 55.1 Å². The van der Waals surface area contributed by atoms with Gasteiger partial charge in [0.05, 0.1) is 27.2 Å². The molecule has 0 rings (SSSR count). The van der Waals surface area contributed by atoms with Gasteiger partial charge in [-0.05, 0) is 12.8 Å². The third kappa shape index (κ3) is 6.28. The van der Waals surface area contributed by atoms with Crippen molar-refractivity contribution in [3.8, 4) is 0 Å². The molecule has 0 saturated carbocycles. The zero-order valence-electron chi connectivity index (χ0n) is 7.58. The fourth-order valence-corrected chi connectivity index (χ4v) is 1.03. The largest absolute Gasteiger partial charge is 0.396 e. The first-order valence-corrected chi connectivity index (χ1v) is 4.16. The highest BCUT2D eigenvalue weighted by Crippen LogP contribution is 1.99. The van der Waals surface area contributed by atoms with Crippen LogP contribution in [0.3, 0.4) is 0 Å². The monoisotopic (exact) mass is 162 g/mol. The minimum atomic E-state index is 0.242. The molecule has 0 heterocycles. The quantitative estimate of drug-likeness (QED) is 0.420. The summed E-state index contributed by atoms with van der Waals surface area (Å²) in [5, 5.41) is 17.2. The zero-order chi connectivity index (χ0) is 8.74. The van der Waals surface area contributed by atoms with Crippen molar-refractivity contribution in [2.45, 2.75) is 12.8 Å². The number of hydrogen-bond donors (Lipinski definition) is 2. The smallest absolute Gasteiger partial charge is 0.102 e. The van der Waals surface area contributed by atoms with E-state index in [9.17, 15) is 0 Å². The van der Waals surface area contributed by atoms with Crippen molar-refractivity contribution >= 4 is 0 Å². The van der Waals surface area contributed by atoms with E-state index in [1.807, 2.05) is 0 Å². The highest BCUT2D eigenvalue weighted by Gasteiger charge is 2.12. The Hall–Kier alpha value is -0.120. The topological polar surface area (TPSA) is 40.5 Å². The van der Waals surface area contributed by atoms with Gasteiger partial charge < -0.3 is 14.7 Å². The molecule has 0 amide bonds. The molecule has 0 aromatic carbocycles. The Bertz CT molecular complexity index is 94.1. The van der Waals surface area contributed by atoms with Crippen LogP contribution in [0.15, 0.2) is 0 Å². The van der Waals surface area contributed by atoms with Crippen LogP contribution in [-0.2, 0) is 0 Å². The molecule has 3 heteroatoms. The van der Waals surface area contributed by atoms with Gasteiger partial charge in [-0.1, -0.05) is 0 Å². The van der Waals surface area contributed by atoms with Crippen molar-refractivity contribution in [1.29, 1.82) is 0 Å². The van der Waals surface area contributed by atoms with Crippen LogP contribution >= 0.6 is 0 Å². The number of unbranched alkanes of at least 4 members (excludes halogenated alkanes) is 1. The van der Waals surface area contributed by atoms with Crippen molar-refractivity contribution in [3.05, 3.63) is 0 Å². The molecule has 2 N–H and O–H groups in total. The number of nitrogens with zero attached hydrogens (tertiary/aromatic N) is 1.